The van der Waals surface area contributed by atoms with Gasteiger partial charge < -0.3 is 14.2 Å². The molecule has 2 rings (SSSR count). The van der Waals surface area contributed by atoms with Crippen molar-refractivity contribution in [1.82, 2.24) is 10.1 Å². The lowest BCUT2D eigenvalue weighted by molar-refractivity contribution is 0.0743. The van der Waals surface area contributed by atoms with E-state index in [0.717, 1.165) is 11.3 Å². The second kappa shape index (κ2) is 6.23. The van der Waals surface area contributed by atoms with Gasteiger partial charge in [-0.25, -0.2) is 0 Å². The predicted octanol–water partition coefficient (Wildman–Crippen LogP) is 2.65. The topological polar surface area (TPSA) is 55.6 Å². The van der Waals surface area contributed by atoms with E-state index in [0.29, 0.717) is 18.8 Å². The fourth-order valence-electron chi connectivity index (χ4n) is 1.86. The highest BCUT2D eigenvalue weighted by Crippen LogP contribution is 2.14. The van der Waals surface area contributed by atoms with Crippen LogP contribution < -0.4 is 4.74 Å². The maximum absolute atomic E-state index is 12.1. The average molecular weight is 274 g/mol. The molecule has 0 aliphatic heterocycles. The number of rotatable bonds is 5. The highest BCUT2D eigenvalue weighted by Gasteiger charge is 2.16. The third-order valence-corrected chi connectivity index (χ3v) is 2.84. The van der Waals surface area contributed by atoms with E-state index in [9.17, 15) is 4.79 Å². The molecule has 1 aromatic carbocycles. The molecule has 1 amide bonds. The SMILES string of the molecule is CCOc1ccc(CN(C)C(=O)c2cc(C)no2)cc1. The molecule has 20 heavy (non-hydrogen) atoms. The second-order valence-electron chi connectivity index (χ2n) is 4.57. The van der Waals surface area contributed by atoms with Gasteiger partial charge in [0, 0.05) is 19.7 Å². The van der Waals surface area contributed by atoms with Gasteiger partial charge in [0.1, 0.15) is 5.75 Å². The zero-order valence-electron chi connectivity index (χ0n) is 11.9. The largest absolute Gasteiger partial charge is 0.494 e. The van der Waals surface area contributed by atoms with E-state index in [4.69, 9.17) is 9.26 Å². The van der Waals surface area contributed by atoms with Gasteiger partial charge >= 0.3 is 0 Å². The van der Waals surface area contributed by atoms with Crippen molar-refractivity contribution in [2.75, 3.05) is 13.7 Å². The van der Waals surface area contributed by atoms with Crippen molar-refractivity contribution in [2.45, 2.75) is 20.4 Å². The second-order valence-corrected chi connectivity index (χ2v) is 4.57. The maximum Gasteiger partial charge on any atom is 0.292 e. The minimum Gasteiger partial charge on any atom is -0.494 e. The van der Waals surface area contributed by atoms with Gasteiger partial charge in [0.15, 0.2) is 0 Å². The summed E-state index contributed by atoms with van der Waals surface area (Å²) >= 11 is 0. The summed E-state index contributed by atoms with van der Waals surface area (Å²) < 4.78 is 10.4. The number of nitrogens with zero attached hydrogens (tertiary/aromatic N) is 2. The first-order valence-corrected chi connectivity index (χ1v) is 6.50. The summed E-state index contributed by atoms with van der Waals surface area (Å²) in [6.45, 7) is 4.88. The molecule has 1 heterocycles. The van der Waals surface area contributed by atoms with Crippen molar-refractivity contribution in [3.63, 3.8) is 0 Å². The molecular weight excluding hydrogens is 256 g/mol. The Morgan fingerprint density at radius 3 is 2.60 bits per heavy atom. The first-order valence-electron chi connectivity index (χ1n) is 6.50. The van der Waals surface area contributed by atoms with E-state index in [2.05, 4.69) is 5.16 Å². The van der Waals surface area contributed by atoms with Crippen LogP contribution in [0.25, 0.3) is 0 Å². The van der Waals surface area contributed by atoms with Crippen LogP contribution in [-0.4, -0.2) is 29.6 Å². The lowest BCUT2D eigenvalue weighted by Crippen LogP contribution is -2.25. The molecule has 0 unspecified atom stereocenters. The van der Waals surface area contributed by atoms with Gasteiger partial charge in [-0.3, -0.25) is 4.79 Å². The number of hydrogen-bond acceptors (Lipinski definition) is 4. The van der Waals surface area contributed by atoms with E-state index < -0.39 is 0 Å². The molecule has 0 radical (unpaired) electrons. The summed E-state index contributed by atoms with van der Waals surface area (Å²) in [5.74, 6) is 0.909. The molecule has 0 fully saturated rings. The Labute approximate surface area is 118 Å². The molecule has 0 saturated carbocycles. The minimum atomic E-state index is -0.181. The van der Waals surface area contributed by atoms with Gasteiger partial charge in [-0.2, -0.15) is 0 Å². The average Bonchev–Trinajstić information content (AvgIpc) is 2.87. The zero-order valence-corrected chi connectivity index (χ0v) is 11.9. The van der Waals surface area contributed by atoms with Crippen LogP contribution in [0.3, 0.4) is 0 Å². The van der Waals surface area contributed by atoms with Crippen molar-refractivity contribution in [2.24, 2.45) is 0 Å². The van der Waals surface area contributed by atoms with E-state index in [-0.39, 0.29) is 11.7 Å². The van der Waals surface area contributed by atoms with Crippen molar-refractivity contribution < 1.29 is 14.1 Å². The lowest BCUT2D eigenvalue weighted by atomic mass is 10.2. The predicted molar refractivity (Wildman–Crippen MR) is 74.6 cm³/mol. The summed E-state index contributed by atoms with van der Waals surface area (Å²) in [6, 6.07) is 9.32. The molecule has 0 bridgehead atoms. The van der Waals surface area contributed by atoms with Gasteiger partial charge in [-0.05, 0) is 31.5 Å². The van der Waals surface area contributed by atoms with E-state index in [1.165, 1.54) is 0 Å². The number of carbonyl (C=O) groups is 1. The van der Waals surface area contributed by atoms with Crippen LogP contribution in [0.1, 0.15) is 28.7 Å². The molecule has 0 atom stereocenters. The molecule has 0 N–H and O–H groups in total. The van der Waals surface area contributed by atoms with Crippen LogP contribution in [0.15, 0.2) is 34.9 Å². The molecule has 5 nitrogen and oxygen atoms in total. The number of aromatic nitrogens is 1. The molecule has 0 aliphatic carbocycles. The highest BCUT2D eigenvalue weighted by molar-refractivity contribution is 5.91. The number of aryl methyl sites for hydroxylation is 1. The first-order chi connectivity index (χ1) is 9.60. The normalized spacial score (nSPS) is 10.3. The Bertz CT molecular complexity index is 575. The van der Waals surface area contributed by atoms with Crippen LogP contribution in [0.4, 0.5) is 0 Å². The Morgan fingerprint density at radius 1 is 1.35 bits per heavy atom. The summed E-state index contributed by atoms with van der Waals surface area (Å²) in [6.07, 6.45) is 0. The van der Waals surface area contributed by atoms with Crippen LogP contribution in [-0.2, 0) is 6.54 Å². The first kappa shape index (κ1) is 14.1. The Kier molecular flexibility index (Phi) is 4.40. The molecular formula is C15H18N2O3. The fraction of sp³-hybridized carbons (Fsp3) is 0.333. The standard InChI is InChI=1S/C15H18N2O3/c1-4-19-13-7-5-12(6-8-13)10-17(3)15(18)14-9-11(2)16-20-14/h5-9H,4,10H2,1-3H3. The summed E-state index contributed by atoms with van der Waals surface area (Å²) in [4.78, 5) is 13.7. The van der Waals surface area contributed by atoms with Crippen LogP contribution in [0.2, 0.25) is 0 Å². The molecule has 1 aromatic heterocycles. The van der Waals surface area contributed by atoms with Gasteiger partial charge in [0.05, 0.1) is 12.3 Å². The quantitative estimate of drug-likeness (QED) is 0.841. The number of benzene rings is 1. The third kappa shape index (κ3) is 3.38. The summed E-state index contributed by atoms with van der Waals surface area (Å²) in [5.41, 5.74) is 1.73. The molecule has 106 valence electrons. The van der Waals surface area contributed by atoms with Gasteiger partial charge in [-0.15, -0.1) is 0 Å². The van der Waals surface area contributed by atoms with E-state index >= 15 is 0 Å². The number of hydrogen-bond donors (Lipinski definition) is 0. The van der Waals surface area contributed by atoms with Crippen molar-refractivity contribution >= 4 is 5.91 Å². The Morgan fingerprint density at radius 2 is 2.05 bits per heavy atom. The van der Waals surface area contributed by atoms with E-state index in [1.54, 1.807) is 24.9 Å². The van der Waals surface area contributed by atoms with Crippen molar-refractivity contribution in [1.29, 1.82) is 0 Å². The molecule has 5 heteroatoms. The number of ether oxygens (including phenoxy) is 1. The summed E-state index contributed by atoms with van der Waals surface area (Å²) in [5, 5.41) is 3.72. The minimum absolute atomic E-state index is 0.181. The molecule has 0 saturated heterocycles. The van der Waals surface area contributed by atoms with Crippen LogP contribution in [0.5, 0.6) is 5.75 Å². The van der Waals surface area contributed by atoms with Crippen molar-refractivity contribution in [3.8, 4) is 5.75 Å². The Hall–Kier alpha value is -2.30. The van der Waals surface area contributed by atoms with Gasteiger partial charge in [-0.1, -0.05) is 17.3 Å². The maximum atomic E-state index is 12.1. The summed E-state index contributed by atoms with van der Waals surface area (Å²) in [7, 11) is 1.73. The zero-order chi connectivity index (χ0) is 14.5. The van der Waals surface area contributed by atoms with Crippen LogP contribution in [0, 0.1) is 6.92 Å². The van der Waals surface area contributed by atoms with Crippen LogP contribution >= 0.6 is 0 Å². The van der Waals surface area contributed by atoms with Gasteiger partial charge in [0.2, 0.25) is 5.76 Å². The Balaban J connectivity index is 2.00. The molecule has 2 aromatic rings. The van der Waals surface area contributed by atoms with E-state index in [1.807, 2.05) is 31.2 Å². The van der Waals surface area contributed by atoms with Crippen molar-refractivity contribution in [3.05, 3.63) is 47.3 Å². The number of carbonyl (C=O) groups excluding carboxylic acids is 1. The molecule has 0 aliphatic rings. The monoisotopic (exact) mass is 274 g/mol. The molecule has 0 spiro atoms. The third-order valence-electron chi connectivity index (χ3n) is 2.84. The van der Waals surface area contributed by atoms with Gasteiger partial charge in [0.25, 0.3) is 5.91 Å². The number of amides is 1. The smallest absolute Gasteiger partial charge is 0.292 e. The fourth-order valence-corrected chi connectivity index (χ4v) is 1.86. The lowest BCUT2D eigenvalue weighted by Gasteiger charge is -2.15. The highest BCUT2D eigenvalue weighted by atomic mass is 16.5.